The molecule has 2 aromatic rings. The highest BCUT2D eigenvalue weighted by molar-refractivity contribution is 7.99. The molecule has 0 atom stereocenters. The lowest BCUT2D eigenvalue weighted by atomic mass is 9.88. The van der Waals surface area contributed by atoms with E-state index >= 15 is 0 Å². The van der Waals surface area contributed by atoms with E-state index in [9.17, 15) is 4.79 Å². The third-order valence-electron chi connectivity index (χ3n) is 7.18. The van der Waals surface area contributed by atoms with Crippen molar-refractivity contribution in [2.45, 2.75) is 94.4 Å². The molecule has 2 aliphatic carbocycles. The Bertz CT molecular complexity index is 913. The van der Waals surface area contributed by atoms with Crippen LogP contribution < -0.4 is 4.74 Å². The summed E-state index contributed by atoms with van der Waals surface area (Å²) in [4.78, 5) is 15.8. The molecule has 0 N–H and O–H groups in total. The number of thioether (sulfide) groups is 1. The van der Waals surface area contributed by atoms with E-state index in [-0.39, 0.29) is 5.91 Å². The molecule has 0 saturated heterocycles. The minimum atomic E-state index is 0.272. The lowest BCUT2D eigenvalue weighted by Gasteiger charge is -2.41. The maximum Gasteiger partial charge on any atom is 0.233 e. The van der Waals surface area contributed by atoms with Crippen molar-refractivity contribution in [3.63, 3.8) is 0 Å². The fourth-order valence-corrected chi connectivity index (χ4v) is 6.26. The minimum Gasteiger partial charge on any atom is -0.497 e. The molecule has 0 radical (unpaired) electrons. The summed E-state index contributed by atoms with van der Waals surface area (Å²) in [6.45, 7) is 4.54. The molecule has 1 heterocycles. The molecule has 34 heavy (non-hydrogen) atoms. The topological polar surface area (TPSA) is 60.2 Å². The second-order valence-electron chi connectivity index (χ2n) is 9.50. The van der Waals surface area contributed by atoms with Crippen LogP contribution in [0.4, 0.5) is 0 Å². The van der Waals surface area contributed by atoms with Crippen LogP contribution in [0.2, 0.25) is 0 Å². The SMILES string of the molecule is C=CCn1c(Cc2ccc(OC)cc2)nnc1SCC(=O)N(C1CCCCC1)C1CCCCC1. The van der Waals surface area contributed by atoms with Crippen LogP contribution in [-0.4, -0.2) is 50.5 Å². The second kappa shape index (κ2) is 12.4. The van der Waals surface area contributed by atoms with E-state index in [1.54, 1.807) is 7.11 Å². The zero-order valence-corrected chi connectivity index (χ0v) is 21.3. The molecular formula is C27H38N4O2S. The van der Waals surface area contributed by atoms with Crippen LogP contribution in [0.25, 0.3) is 0 Å². The Hall–Kier alpha value is -2.28. The minimum absolute atomic E-state index is 0.272. The molecule has 6 nitrogen and oxygen atoms in total. The molecule has 0 spiro atoms. The van der Waals surface area contributed by atoms with Gasteiger partial charge in [0, 0.05) is 25.0 Å². The number of allylic oxidation sites excluding steroid dienone is 1. The van der Waals surface area contributed by atoms with Gasteiger partial charge in [0.05, 0.1) is 12.9 Å². The summed E-state index contributed by atoms with van der Waals surface area (Å²) in [6.07, 6.45) is 14.8. The molecule has 184 valence electrons. The van der Waals surface area contributed by atoms with Crippen molar-refractivity contribution in [2.75, 3.05) is 12.9 Å². The van der Waals surface area contributed by atoms with Crippen molar-refractivity contribution < 1.29 is 9.53 Å². The number of carbonyl (C=O) groups is 1. The molecule has 4 rings (SSSR count). The van der Waals surface area contributed by atoms with Gasteiger partial charge in [-0.25, -0.2) is 0 Å². The van der Waals surface area contributed by atoms with Crippen LogP contribution in [0.5, 0.6) is 5.75 Å². The summed E-state index contributed by atoms with van der Waals surface area (Å²) in [7, 11) is 1.67. The van der Waals surface area contributed by atoms with Crippen molar-refractivity contribution in [3.05, 3.63) is 48.3 Å². The fourth-order valence-electron chi connectivity index (χ4n) is 5.42. The van der Waals surface area contributed by atoms with Crippen molar-refractivity contribution in [2.24, 2.45) is 0 Å². The molecule has 0 bridgehead atoms. The maximum atomic E-state index is 13.6. The number of rotatable bonds is 10. The van der Waals surface area contributed by atoms with E-state index in [1.165, 1.54) is 50.3 Å². The highest BCUT2D eigenvalue weighted by Gasteiger charge is 2.32. The monoisotopic (exact) mass is 482 g/mol. The predicted octanol–water partition coefficient (Wildman–Crippen LogP) is 5.65. The van der Waals surface area contributed by atoms with Gasteiger partial charge >= 0.3 is 0 Å². The first-order valence-electron chi connectivity index (χ1n) is 12.8. The van der Waals surface area contributed by atoms with Crippen molar-refractivity contribution in [1.82, 2.24) is 19.7 Å². The first-order chi connectivity index (χ1) is 16.7. The average Bonchev–Trinajstić information content (AvgIpc) is 3.26. The largest absolute Gasteiger partial charge is 0.497 e. The van der Waals surface area contributed by atoms with Crippen LogP contribution in [0.15, 0.2) is 42.1 Å². The molecule has 1 aromatic carbocycles. The molecule has 1 aromatic heterocycles. The Morgan fingerprint density at radius 1 is 1.06 bits per heavy atom. The molecule has 0 aliphatic heterocycles. The van der Waals surface area contributed by atoms with Crippen LogP contribution in [-0.2, 0) is 17.8 Å². The number of methoxy groups -OCH3 is 1. The molecule has 0 unspecified atom stereocenters. The van der Waals surface area contributed by atoms with Crippen molar-refractivity contribution in [3.8, 4) is 5.75 Å². The summed E-state index contributed by atoms with van der Waals surface area (Å²) in [6, 6.07) is 8.86. The third kappa shape index (κ3) is 6.23. The lowest BCUT2D eigenvalue weighted by Crippen LogP contribution is -2.49. The van der Waals surface area contributed by atoms with Crippen LogP contribution >= 0.6 is 11.8 Å². The summed E-state index contributed by atoms with van der Waals surface area (Å²) in [5.74, 6) is 2.42. The molecule has 2 fully saturated rings. The first kappa shape index (κ1) is 24.8. The van der Waals surface area contributed by atoms with Crippen LogP contribution in [0.1, 0.15) is 75.6 Å². The number of ether oxygens (including phenoxy) is 1. The van der Waals surface area contributed by atoms with Gasteiger partial charge in [-0.1, -0.05) is 68.5 Å². The molecule has 7 heteroatoms. The molecule has 1 amide bonds. The zero-order valence-electron chi connectivity index (χ0n) is 20.5. The van der Waals surface area contributed by atoms with Gasteiger partial charge in [-0.3, -0.25) is 4.79 Å². The van der Waals surface area contributed by atoms with Crippen LogP contribution in [0, 0.1) is 0 Å². The van der Waals surface area contributed by atoms with Gasteiger partial charge in [0.25, 0.3) is 0 Å². The standard InChI is InChI=1S/C27H38N4O2S/c1-3-18-30-25(19-21-14-16-24(33-2)17-15-21)28-29-27(30)34-20-26(32)31(22-10-6-4-7-11-22)23-12-8-5-9-13-23/h3,14-17,22-23H,1,4-13,18-20H2,2H3. The van der Waals surface area contributed by atoms with Gasteiger partial charge in [0.15, 0.2) is 5.16 Å². The van der Waals surface area contributed by atoms with E-state index in [4.69, 9.17) is 4.74 Å². The highest BCUT2D eigenvalue weighted by Crippen LogP contribution is 2.31. The second-order valence-corrected chi connectivity index (χ2v) is 10.4. The van der Waals surface area contributed by atoms with Gasteiger partial charge in [-0.2, -0.15) is 0 Å². The number of carbonyl (C=O) groups excluding carboxylic acids is 1. The number of hydrogen-bond acceptors (Lipinski definition) is 5. The Morgan fingerprint density at radius 2 is 1.68 bits per heavy atom. The smallest absolute Gasteiger partial charge is 0.233 e. The van der Waals surface area contributed by atoms with Gasteiger partial charge in [0.1, 0.15) is 11.6 Å². The molecule has 2 aliphatic rings. The first-order valence-corrected chi connectivity index (χ1v) is 13.8. The zero-order chi connectivity index (χ0) is 23.8. The predicted molar refractivity (Wildman–Crippen MR) is 137 cm³/mol. The number of nitrogens with zero attached hydrogens (tertiary/aromatic N) is 4. The summed E-state index contributed by atoms with van der Waals surface area (Å²) < 4.78 is 7.35. The summed E-state index contributed by atoms with van der Waals surface area (Å²) in [5, 5.41) is 9.71. The molecule has 2 saturated carbocycles. The molecular weight excluding hydrogens is 444 g/mol. The maximum absolute atomic E-state index is 13.6. The van der Waals surface area contributed by atoms with Gasteiger partial charge in [0.2, 0.25) is 5.91 Å². The van der Waals surface area contributed by atoms with Gasteiger partial charge in [-0.05, 0) is 43.4 Å². The summed E-state index contributed by atoms with van der Waals surface area (Å²) >= 11 is 1.52. The van der Waals surface area contributed by atoms with Crippen molar-refractivity contribution in [1.29, 1.82) is 0 Å². The average molecular weight is 483 g/mol. The van der Waals surface area contributed by atoms with E-state index in [0.29, 0.717) is 30.8 Å². The lowest BCUT2D eigenvalue weighted by molar-refractivity contribution is -0.135. The highest BCUT2D eigenvalue weighted by atomic mass is 32.2. The van der Waals surface area contributed by atoms with Crippen molar-refractivity contribution >= 4 is 17.7 Å². The fraction of sp³-hybridized carbons (Fsp3) is 0.593. The Labute approximate surface area is 208 Å². The van der Waals surface area contributed by atoms with E-state index < -0.39 is 0 Å². The van der Waals surface area contributed by atoms with E-state index in [2.05, 4.69) is 26.2 Å². The van der Waals surface area contributed by atoms with Gasteiger partial charge < -0.3 is 14.2 Å². The summed E-state index contributed by atoms with van der Waals surface area (Å²) in [5.41, 5.74) is 1.15. The number of aromatic nitrogens is 3. The van der Waals surface area contributed by atoms with E-state index in [1.807, 2.05) is 30.3 Å². The number of hydrogen-bond donors (Lipinski definition) is 0. The quantitative estimate of drug-likeness (QED) is 0.323. The Kier molecular flexibility index (Phi) is 9.08. The van der Waals surface area contributed by atoms with E-state index in [0.717, 1.165) is 48.0 Å². The van der Waals surface area contributed by atoms with Gasteiger partial charge in [-0.15, -0.1) is 16.8 Å². The Morgan fingerprint density at radius 3 is 2.24 bits per heavy atom. The third-order valence-corrected chi connectivity index (χ3v) is 8.13. The number of amides is 1. The normalized spacial score (nSPS) is 17.4. The Balaban J connectivity index is 1.45. The number of benzene rings is 1. The van der Waals surface area contributed by atoms with Crippen LogP contribution in [0.3, 0.4) is 0 Å².